The van der Waals surface area contributed by atoms with Gasteiger partial charge in [0.25, 0.3) is 10.0 Å². The van der Waals surface area contributed by atoms with Gasteiger partial charge in [0, 0.05) is 27.9 Å². The number of carboxylic acids is 1. The van der Waals surface area contributed by atoms with Crippen LogP contribution in [0.1, 0.15) is 10.4 Å². The van der Waals surface area contributed by atoms with Crippen LogP contribution in [0.2, 0.25) is 0 Å². The third-order valence-electron chi connectivity index (χ3n) is 1.58. The van der Waals surface area contributed by atoms with Gasteiger partial charge in [-0.2, -0.15) is 0 Å². The van der Waals surface area contributed by atoms with Crippen molar-refractivity contribution in [3.8, 4) is 0 Å². The number of carboxylic acid groups (broad SMARTS) is 1. The minimum atomic E-state index is -3.80. The van der Waals surface area contributed by atoms with Crippen LogP contribution in [0.5, 0.6) is 0 Å². The Labute approximate surface area is 99.8 Å². The van der Waals surface area contributed by atoms with E-state index >= 15 is 0 Å². The summed E-state index contributed by atoms with van der Waals surface area (Å²) in [6.07, 6.45) is 0. The molecule has 0 aromatic heterocycles. The second kappa shape index (κ2) is 4.48. The van der Waals surface area contributed by atoms with E-state index in [1.807, 2.05) is 0 Å². The zero-order chi connectivity index (χ0) is 11.6. The maximum Gasteiger partial charge on any atom is 0.335 e. The molecule has 1 aromatic rings. The number of hydrogen-bond donors (Lipinski definition) is 1. The first kappa shape index (κ1) is 12.4. The molecule has 0 atom stereocenters. The van der Waals surface area contributed by atoms with Gasteiger partial charge in [-0.1, -0.05) is 0 Å². The molecular formula is C7H5BrClNO4S. The molecule has 0 saturated heterocycles. The minimum absolute atomic E-state index is 0.00430. The fraction of sp³-hybridized carbons (Fsp3) is 0. The summed E-state index contributed by atoms with van der Waals surface area (Å²) in [6.45, 7) is 0. The normalized spacial score (nSPS) is 11.7. The topological polar surface area (TPSA) is 74.7 Å². The van der Waals surface area contributed by atoms with Crippen molar-refractivity contribution in [1.29, 1.82) is 0 Å². The van der Waals surface area contributed by atoms with Crippen molar-refractivity contribution in [2.75, 3.05) is 0 Å². The number of aromatic carboxylic acids is 1. The molecule has 0 amide bonds. The van der Waals surface area contributed by atoms with E-state index < -0.39 is 16.0 Å². The van der Waals surface area contributed by atoms with Gasteiger partial charge in [-0.15, -0.1) is 0 Å². The lowest BCUT2D eigenvalue weighted by molar-refractivity contribution is 0.0697. The third-order valence-corrected chi connectivity index (χ3v) is 4.50. The Hall–Kier alpha value is -0.630. The molecule has 1 aromatic carbocycles. The highest BCUT2D eigenvalue weighted by molar-refractivity contribution is 9.09. The maximum atomic E-state index is 11.4. The molecule has 0 spiro atoms. The SMILES string of the molecule is O=C(O)c1ccc(S(=O)(=O)N(Cl)Br)cc1. The van der Waals surface area contributed by atoms with Crippen molar-refractivity contribution >= 4 is 43.9 Å². The number of hydrogen-bond acceptors (Lipinski definition) is 3. The molecule has 5 nitrogen and oxygen atoms in total. The maximum absolute atomic E-state index is 11.4. The van der Waals surface area contributed by atoms with Crippen molar-refractivity contribution < 1.29 is 18.3 Å². The standard InChI is InChI=1S/C7H5BrClNO4S/c8-10(9)15(13,14)6-3-1-5(2-4-6)7(11)12/h1-4H,(H,11,12). The van der Waals surface area contributed by atoms with Crippen LogP contribution in [0.15, 0.2) is 29.2 Å². The highest BCUT2D eigenvalue weighted by Gasteiger charge is 2.20. The van der Waals surface area contributed by atoms with Crippen molar-refractivity contribution in [3.63, 3.8) is 0 Å². The van der Waals surface area contributed by atoms with Crippen LogP contribution in [0.4, 0.5) is 0 Å². The van der Waals surface area contributed by atoms with Crippen LogP contribution in [0.3, 0.4) is 0 Å². The highest BCUT2D eigenvalue weighted by Crippen LogP contribution is 2.21. The van der Waals surface area contributed by atoms with E-state index in [1.165, 1.54) is 12.1 Å². The molecule has 0 radical (unpaired) electrons. The van der Waals surface area contributed by atoms with Crippen LogP contribution in [-0.2, 0) is 10.0 Å². The quantitative estimate of drug-likeness (QED) is 0.864. The summed E-state index contributed by atoms with van der Waals surface area (Å²) >= 11 is 7.83. The van der Waals surface area contributed by atoms with Gasteiger partial charge in [0.05, 0.1) is 10.5 Å². The monoisotopic (exact) mass is 313 g/mol. The van der Waals surface area contributed by atoms with Crippen LogP contribution >= 0.6 is 27.9 Å². The van der Waals surface area contributed by atoms with Gasteiger partial charge >= 0.3 is 5.97 Å². The van der Waals surface area contributed by atoms with Crippen LogP contribution in [-0.4, -0.2) is 22.3 Å². The van der Waals surface area contributed by atoms with E-state index in [0.29, 0.717) is 2.85 Å². The Kier molecular flexibility index (Phi) is 3.72. The van der Waals surface area contributed by atoms with Crippen molar-refractivity contribution in [2.24, 2.45) is 0 Å². The molecule has 0 aliphatic heterocycles. The Balaban J connectivity index is 3.15. The lowest BCUT2D eigenvalue weighted by Gasteiger charge is -2.06. The first-order valence-electron chi connectivity index (χ1n) is 3.56. The van der Waals surface area contributed by atoms with Gasteiger partial charge < -0.3 is 5.11 Å². The summed E-state index contributed by atoms with van der Waals surface area (Å²) in [7, 11) is -3.80. The molecule has 0 heterocycles. The summed E-state index contributed by atoms with van der Waals surface area (Å²) in [4.78, 5) is 10.4. The zero-order valence-electron chi connectivity index (χ0n) is 7.09. The fourth-order valence-corrected chi connectivity index (χ4v) is 2.23. The average Bonchev–Trinajstić information content (AvgIpc) is 2.17. The third kappa shape index (κ3) is 2.69. The van der Waals surface area contributed by atoms with Crippen LogP contribution in [0.25, 0.3) is 0 Å². The van der Waals surface area contributed by atoms with Crippen molar-refractivity contribution in [3.05, 3.63) is 29.8 Å². The van der Waals surface area contributed by atoms with E-state index in [0.717, 1.165) is 12.1 Å². The Morgan fingerprint density at radius 2 is 1.80 bits per heavy atom. The summed E-state index contributed by atoms with van der Waals surface area (Å²) in [5, 5.41) is 8.59. The summed E-state index contributed by atoms with van der Waals surface area (Å²) in [5.41, 5.74) is 0.00430. The molecule has 0 saturated carbocycles. The van der Waals surface area contributed by atoms with Crippen molar-refractivity contribution in [2.45, 2.75) is 4.90 Å². The predicted octanol–water partition coefficient (Wildman–Crippen LogP) is 1.84. The number of carbonyl (C=O) groups is 1. The molecule has 82 valence electrons. The molecular weight excluding hydrogens is 310 g/mol. The zero-order valence-corrected chi connectivity index (χ0v) is 10.3. The van der Waals surface area contributed by atoms with Crippen LogP contribution in [0, 0.1) is 0 Å². The first-order valence-corrected chi connectivity index (χ1v) is 6.04. The largest absolute Gasteiger partial charge is 0.478 e. The Morgan fingerprint density at radius 1 is 1.33 bits per heavy atom. The van der Waals surface area contributed by atoms with Crippen molar-refractivity contribution in [1.82, 2.24) is 2.85 Å². The van der Waals surface area contributed by atoms with Gasteiger partial charge in [0.15, 0.2) is 0 Å². The molecule has 0 aliphatic rings. The lowest BCUT2D eigenvalue weighted by atomic mass is 10.2. The van der Waals surface area contributed by atoms with Gasteiger partial charge in [-0.05, 0) is 27.1 Å². The molecule has 8 heteroatoms. The smallest absolute Gasteiger partial charge is 0.335 e. The molecule has 1 rings (SSSR count). The molecule has 0 unspecified atom stereocenters. The lowest BCUT2D eigenvalue weighted by Crippen LogP contribution is -2.12. The molecule has 15 heavy (non-hydrogen) atoms. The van der Waals surface area contributed by atoms with Crippen LogP contribution < -0.4 is 0 Å². The summed E-state index contributed by atoms with van der Waals surface area (Å²) < 4.78 is 23.2. The van der Waals surface area contributed by atoms with E-state index in [9.17, 15) is 13.2 Å². The first-order chi connectivity index (χ1) is 6.85. The van der Waals surface area contributed by atoms with Gasteiger partial charge in [0.1, 0.15) is 0 Å². The van der Waals surface area contributed by atoms with Gasteiger partial charge in [0.2, 0.25) is 0 Å². The van der Waals surface area contributed by atoms with E-state index in [-0.39, 0.29) is 10.5 Å². The summed E-state index contributed by atoms with van der Waals surface area (Å²) in [6, 6.07) is 4.69. The number of nitrogens with zero attached hydrogens (tertiary/aromatic N) is 1. The second-order valence-corrected chi connectivity index (χ2v) is 6.42. The highest BCUT2D eigenvalue weighted by atomic mass is 79.9. The fourth-order valence-electron chi connectivity index (χ4n) is 0.849. The Bertz CT molecular complexity index is 470. The second-order valence-electron chi connectivity index (χ2n) is 2.51. The Morgan fingerprint density at radius 3 is 2.13 bits per heavy atom. The van der Waals surface area contributed by atoms with E-state index in [2.05, 4.69) is 16.1 Å². The minimum Gasteiger partial charge on any atom is -0.478 e. The number of halogens is 2. The predicted molar refractivity (Wildman–Crippen MR) is 57.2 cm³/mol. The number of rotatable bonds is 3. The summed E-state index contributed by atoms with van der Waals surface area (Å²) in [5.74, 6) is -1.12. The van der Waals surface area contributed by atoms with E-state index in [4.69, 9.17) is 16.9 Å². The number of benzene rings is 1. The molecule has 0 fully saturated rings. The molecule has 0 bridgehead atoms. The number of sulfonamides is 1. The van der Waals surface area contributed by atoms with Gasteiger partial charge in [-0.25, -0.2) is 13.2 Å². The average molecular weight is 315 g/mol. The van der Waals surface area contributed by atoms with Gasteiger partial charge in [-0.3, -0.25) is 0 Å². The molecule has 1 N–H and O–H groups in total. The molecule has 0 aliphatic carbocycles. The van der Waals surface area contributed by atoms with E-state index in [1.54, 1.807) is 0 Å².